The maximum atomic E-state index is 6.39. The Hall–Kier alpha value is -3.23. The van der Waals surface area contributed by atoms with E-state index in [1.807, 2.05) is 48.6 Å². The second-order valence-corrected chi connectivity index (χ2v) is 8.60. The van der Waals surface area contributed by atoms with E-state index in [1.165, 1.54) is 0 Å². The first-order chi connectivity index (χ1) is 16.1. The minimum atomic E-state index is -0.307. The van der Waals surface area contributed by atoms with Crippen molar-refractivity contribution in [2.24, 2.45) is 10.1 Å². The van der Waals surface area contributed by atoms with Crippen LogP contribution in [0.2, 0.25) is 5.02 Å². The van der Waals surface area contributed by atoms with Crippen molar-refractivity contribution in [1.82, 2.24) is 15.6 Å². The van der Waals surface area contributed by atoms with Crippen molar-refractivity contribution in [1.29, 1.82) is 0 Å². The van der Waals surface area contributed by atoms with Crippen LogP contribution < -0.4 is 25.6 Å². The molecular weight excluding hydrogens is 438 g/mol. The van der Waals surface area contributed by atoms with Gasteiger partial charge in [0.15, 0.2) is 6.29 Å². The van der Waals surface area contributed by atoms with Gasteiger partial charge in [0, 0.05) is 73.8 Å². The minimum Gasteiger partial charge on any atom is -0.495 e. The predicted octanol–water partition coefficient (Wildman–Crippen LogP) is 3.08. The zero-order valence-electron chi connectivity index (χ0n) is 18.8. The van der Waals surface area contributed by atoms with E-state index in [1.54, 1.807) is 7.11 Å². The molecule has 1 unspecified atom stereocenters. The Balaban J connectivity index is 1.28. The second kappa shape index (κ2) is 9.33. The van der Waals surface area contributed by atoms with Crippen molar-refractivity contribution in [3.05, 3.63) is 64.4 Å². The minimum absolute atomic E-state index is 0.307. The topological polar surface area (TPSA) is 76.5 Å². The smallest absolute Gasteiger partial charge is 0.195 e. The van der Waals surface area contributed by atoms with Crippen LogP contribution in [0.25, 0.3) is 0 Å². The first-order valence-corrected chi connectivity index (χ1v) is 11.5. The van der Waals surface area contributed by atoms with Gasteiger partial charge in [-0.05, 0) is 18.2 Å². The van der Waals surface area contributed by atoms with Crippen molar-refractivity contribution in [2.75, 3.05) is 50.6 Å². The zero-order valence-corrected chi connectivity index (χ0v) is 19.6. The van der Waals surface area contributed by atoms with E-state index >= 15 is 0 Å². The summed E-state index contributed by atoms with van der Waals surface area (Å²) in [6.45, 7) is 3.90. The molecule has 2 aromatic carbocycles. The lowest BCUT2D eigenvalue weighted by molar-refractivity contribution is 0.376. The number of hydrazone groups is 1. The highest BCUT2D eigenvalue weighted by atomic mass is 35.5. The number of benzene rings is 2. The number of nitrogens with one attached hydrogen (secondary N) is 3. The van der Waals surface area contributed by atoms with Crippen LogP contribution in [0, 0.1) is 0 Å². The molecule has 1 atom stereocenters. The van der Waals surface area contributed by atoms with Crippen molar-refractivity contribution in [3.63, 3.8) is 0 Å². The Morgan fingerprint density at radius 2 is 1.97 bits per heavy atom. The van der Waals surface area contributed by atoms with Gasteiger partial charge < -0.3 is 25.6 Å². The number of methoxy groups -OCH3 is 1. The van der Waals surface area contributed by atoms with Crippen molar-refractivity contribution >= 4 is 34.9 Å². The summed E-state index contributed by atoms with van der Waals surface area (Å²) in [5.74, 6) is 1.79. The lowest BCUT2D eigenvalue weighted by atomic mass is 10.0. The zero-order chi connectivity index (χ0) is 22.8. The van der Waals surface area contributed by atoms with Crippen LogP contribution in [0.1, 0.15) is 12.0 Å². The van der Waals surface area contributed by atoms with Crippen LogP contribution >= 0.6 is 11.6 Å². The molecular formula is C24H28ClN7O. The Morgan fingerprint density at radius 3 is 2.76 bits per heavy atom. The monoisotopic (exact) mass is 465 g/mol. The van der Waals surface area contributed by atoms with Gasteiger partial charge in [0.25, 0.3) is 0 Å². The number of halogens is 1. The van der Waals surface area contributed by atoms with Crippen LogP contribution in [-0.4, -0.2) is 63.6 Å². The standard InChI is InChI=1S/C24H28ClN7O/c1-31-23-16(13-20(30-31)18-5-3-4-6-19(18)25)15-27-24(29-23)28-17-7-8-21(22(14-17)33-2)32-11-9-26-10-12-32/h3-8,14-15,24,26,28-29H,9-13H2,1-2H3. The van der Waals surface area contributed by atoms with Gasteiger partial charge >= 0.3 is 0 Å². The van der Waals surface area contributed by atoms with Crippen LogP contribution in [0.15, 0.2) is 64.0 Å². The number of nitrogens with zero attached hydrogens (tertiary/aromatic N) is 4. The third-order valence-corrected chi connectivity index (χ3v) is 6.36. The number of hydrogen-bond acceptors (Lipinski definition) is 8. The number of anilines is 2. The normalized spacial score (nSPS) is 20.2. The molecule has 8 nitrogen and oxygen atoms in total. The van der Waals surface area contributed by atoms with Gasteiger partial charge in [-0.3, -0.25) is 5.01 Å². The number of rotatable bonds is 5. The maximum absolute atomic E-state index is 6.39. The second-order valence-electron chi connectivity index (χ2n) is 8.19. The number of ether oxygens (including phenoxy) is 1. The van der Waals surface area contributed by atoms with Crippen LogP contribution in [0.5, 0.6) is 5.75 Å². The average molecular weight is 466 g/mol. The number of allylic oxidation sites excluding steroid dienone is 1. The fourth-order valence-electron chi connectivity index (χ4n) is 4.37. The number of piperazine rings is 1. The molecule has 0 saturated carbocycles. The van der Waals surface area contributed by atoms with Gasteiger partial charge in [-0.15, -0.1) is 0 Å². The molecule has 0 aromatic heterocycles. The quantitative estimate of drug-likeness (QED) is 0.630. The summed E-state index contributed by atoms with van der Waals surface area (Å²) in [5, 5.41) is 17.6. The highest BCUT2D eigenvalue weighted by molar-refractivity contribution is 6.34. The number of aliphatic imine (C=N–C) groups is 1. The van der Waals surface area contributed by atoms with E-state index in [0.29, 0.717) is 11.4 Å². The summed E-state index contributed by atoms with van der Waals surface area (Å²) < 4.78 is 5.69. The highest BCUT2D eigenvalue weighted by Crippen LogP contribution is 2.32. The molecule has 5 rings (SSSR count). The van der Waals surface area contributed by atoms with E-state index < -0.39 is 0 Å². The third-order valence-electron chi connectivity index (χ3n) is 6.03. The van der Waals surface area contributed by atoms with E-state index in [9.17, 15) is 0 Å². The van der Waals surface area contributed by atoms with Gasteiger partial charge in [-0.2, -0.15) is 5.10 Å². The van der Waals surface area contributed by atoms with Crippen molar-refractivity contribution < 1.29 is 4.74 Å². The Kier molecular flexibility index (Phi) is 6.11. The third kappa shape index (κ3) is 4.49. The Bertz CT molecular complexity index is 1120. The molecule has 3 N–H and O–H groups in total. The van der Waals surface area contributed by atoms with E-state index in [-0.39, 0.29) is 6.29 Å². The van der Waals surface area contributed by atoms with Gasteiger partial charge in [0.05, 0.1) is 18.5 Å². The van der Waals surface area contributed by atoms with Crippen LogP contribution in [0.4, 0.5) is 11.4 Å². The van der Waals surface area contributed by atoms with Gasteiger partial charge in [-0.1, -0.05) is 29.8 Å². The summed E-state index contributed by atoms with van der Waals surface area (Å²) in [7, 11) is 3.64. The summed E-state index contributed by atoms with van der Waals surface area (Å²) in [6.07, 6.45) is 2.27. The molecule has 2 aromatic rings. The molecule has 0 aliphatic carbocycles. The SMILES string of the molecule is COc1cc(NC2N=CC3=C(N2)N(C)N=C(c2ccccc2Cl)C3)ccc1N1CCNCC1. The summed E-state index contributed by atoms with van der Waals surface area (Å²) in [4.78, 5) is 7.03. The molecule has 0 amide bonds. The fourth-order valence-corrected chi connectivity index (χ4v) is 4.62. The van der Waals surface area contributed by atoms with Crippen LogP contribution in [-0.2, 0) is 0 Å². The van der Waals surface area contributed by atoms with E-state index in [0.717, 1.165) is 66.0 Å². The summed E-state index contributed by atoms with van der Waals surface area (Å²) in [5.41, 5.74) is 5.00. The van der Waals surface area contributed by atoms with Crippen molar-refractivity contribution in [3.8, 4) is 5.75 Å². The Morgan fingerprint density at radius 1 is 1.15 bits per heavy atom. The van der Waals surface area contributed by atoms with E-state index in [2.05, 4.69) is 38.0 Å². The molecule has 9 heteroatoms. The molecule has 172 valence electrons. The first kappa shape index (κ1) is 21.6. The fraction of sp³-hybridized carbons (Fsp3) is 0.333. The number of hydrogen-bond donors (Lipinski definition) is 3. The molecule has 0 spiro atoms. The summed E-state index contributed by atoms with van der Waals surface area (Å²) >= 11 is 6.39. The van der Waals surface area contributed by atoms with E-state index in [4.69, 9.17) is 21.4 Å². The molecule has 3 aliphatic heterocycles. The van der Waals surface area contributed by atoms with Crippen LogP contribution in [0.3, 0.4) is 0 Å². The molecule has 3 heterocycles. The first-order valence-electron chi connectivity index (χ1n) is 11.1. The average Bonchev–Trinajstić information content (AvgIpc) is 2.85. The lowest BCUT2D eigenvalue weighted by Crippen LogP contribution is -2.44. The predicted molar refractivity (Wildman–Crippen MR) is 135 cm³/mol. The molecule has 3 aliphatic rings. The molecule has 0 radical (unpaired) electrons. The van der Waals surface area contributed by atoms with Gasteiger partial charge in [0.1, 0.15) is 11.6 Å². The lowest BCUT2D eigenvalue weighted by Gasteiger charge is -2.33. The molecule has 0 bridgehead atoms. The van der Waals surface area contributed by atoms with Crippen molar-refractivity contribution in [2.45, 2.75) is 12.7 Å². The molecule has 1 saturated heterocycles. The largest absolute Gasteiger partial charge is 0.495 e. The molecule has 1 fully saturated rings. The van der Waals surface area contributed by atoms with Gasteiger partial charge in [0.2, 0.25) is 0 Å². The Labute approximate surface area is 199 Å². The highest BCUT2D eigenvalue weighted by Gasteiger charge is 2.26. The van der Waals surface area contributed by atoms with Gasteiger partial charge in [-0.25, -0.2) is 4.99 Å². The molecule has 33 heavy (non-hydrogen) atoms. The maximum Gasteiger partial charge on any atom is 0.195 e. The summed E-state index contributed by atoms with van der Waals surface area (Å²) in [6, 6.07) is 14.0.